The zero-order valence-corrected chi connectivity index (χ0v) is 13.3. The maximum atomic E-state index is 12.5. The highest BCUT2D eigenvalue weighted by Gasteiger charge is 2.43. The van der Waals surface area contributed by atoms with Gasteiger partial charge in [-0.15, -0.1) is 11.8 Å². The molecule has 1 aliphatic carbocycles. The van der Waals surface area contributed by atoms with E-state index in [1.54, 1.807) is 0 Å². The molecule has 0 spiro atoms. The summed E-state index contributed by atoms with van der Waals surface area (Å²) in [6, 6.07) is -1.42. The van der Waals surface area contributed by atoms with Crippen LogP contribution < -0.4 is 5.32 Å². The molecule has 0 aromatic heterocycles. The van der Waals surface area contributed by atoms with Gasteiger partial charge in [-0.2, -0.15) is 0 Å². The molecule has 1 saturated carbocycles. The highest BCUT2D eigenvalue weighted by Crippen LogP contribution is 2.34. The first kappa shape index (κ1) is 16.4. The van der Waals surface area contributed by atoms with E-state index in [1.165, 1.54) is 16.7 Å². The number of aliphatic carboxylic acids is 1. The largest absolute Gasteiger partial charge is 0.480 e. The van der Waals surface area contributed by atoms with E-state index < -0.39 is 18.1 Å². The molecule has 2 rings (SSSR count). The Morgan fingerprint density at radius 3 is 2.52 bits per heavy atom. The monoisotopic (exact) mass is 316 g/mol. The lowest BCUT2D eigenvalue weighted by Gasteiger charge is -2.34. The van der Waals surface area contributed by atoms with E-state index >= 15 is 0 Å². The lowest BCUT2D eigenvalue weighted by atomic mass is 9.93. The smallest absolute Gasteiger partial charge is 0.327 e. The zero-order valence-electron chi connectivity index (χ0n) is 12.5. The van der Waals surface area contributed by atoms with Crippen LogP contribution >= 0.6 is 11.8 Å². The maximum Gasteiger partial charge on any atom is 0.327 e. The molecule has 0 aromatic carbocycles. The number of hydrogen-bond donors (Lipinski definition) is 3. The van der Waals surface area contributed by atoms with Gasteiger partial charge < -0.3 is 15.5 Å². The number of carbonyl (C=O) groups is 2. The van der Waals surface area contributed by atoms with Crippen LogP contribution in [-0.2, 0) is 4.79 Å². The number of carbonyl (C=O) groups excluding carboxylic acids is 1. The number of aliphatic hydroxyl groups is 1. The molecule has 7 heteroatoms. The number of nitrogens with zero attached hydrogens (tertiary/aromatic N) is 1. The van der Waals surface area contributed by atoms with Crippen LogP contribution in [0.3, 0.4) is 0 Å². The molecule has 4 atom stereocenters. The van der Waals surface area contributed by atoms with Gasteiger partial charge >= 0.3 is 12.0 Å². The second-order valence-corrected chi connectivity index (χ2v) is 7.29. The second kappa shape index (κ2) is 6.87. The zero-order chi connectivity index (χ0) is 15.6. The van der Waals surface area contributed by atoms with Gasteiger partial charge in [0.25, 0.3) is 0 Å². The van der Waals surface area contributed by atoms with Crippen LogP contribution in [0.25, 0.3) is 0 Å². The van der Waals surface area contributed by atoms with Crippen molar-refractivity contribution in [2.45, 2.75) is 63.1 Å². The molecule has 1 aliphatic heterocycles. The molecular weight excluding hydrogens is 292 g/mol. The summed E-state index contributed by atoms with van der Waals surface area (Å²) >= 11 is 1.51. The topological polar surface area (TPSA) is 89.9 Å². The molecule has 2 amide bonds. The number of carboxylic acids is 1. The number of nitrogens with one attached hydrogen (secondary N) is 1. The van der Waals surface area contributed by atoms with Crippen LogP contribution in [0.15, 0.2) is 0 Å². The molecule has 2 aliphatic rings. The molecule has 1 heterocycles. The summed E-state index contributed by atoms with van der Waals surface area (Å²) in [5.74, 6) is -0.370. The Balaban J connectivity index is 2.07. The minimum atomic E-state index is -0.968. The van der Waals surface area contributed by atoms with Gasteiger partial charge in [-0.3, -0.25) is 4.90 Å². The normalized spacial score (nSPS) is 33.2. The van der Waals surface area contributed by atoms with Crippen LogP contribution in [0, 0.1) is 5.92 Å². The second-order valence-electron chi connectivity index (χ2n) is 6.14. The molecule has 3 N–H and O–H groups in total. The van der Waals surface area contributed by atoms with Crippen LogP contribution in [0.1, 0.15) is 39.5 Å². The number of rotatable bonds is 3. The minimum Gasteiger partial charge on any atom is -0.480 e. The average Bonchev–Trinajstić information content (AvgIpc) is 2.86. The van der Waals surface area contributed by atoms with E-state index in [4.69, 9.17) is 0 Å². The van der Waals surface area contributed by atoms with Crippen molar-refractivity contribution in [3.63, 3.8) is 0 Å². The van der Waals surface area contributed by atoms with Gasteiger partial charge in [0.05, 0.1) is 17.5 Å². The van der Waals surface area contributed by atoms with Gasteiger partial charge in [0.2, 0.25) is 0 Å². The summed E-state index contributed by atoms with van der Waals surface area (Å²) in [6.45, 7) is 3.97. The Kier molecular flexibility index (Phi) is 5.37. The van der Waals surface area contributed by atoms with Gasteiger partial charge in [-0.05, 0) is 18.8 Å². The molecule has 6 nitrogen and oxygen atoms in total. The van der Waals surface area contributed by atoms with Crippen molar-refractivity contribution in [1.82, 2.24) is 10.2 Å². The van der Waals surface area contributed by atoms with Crippen molar-refractivity contribution >= 4 is 23.8 Å². The SMILES string of the molecule is CC(C)C1SCC(C(=O)O)N1C(=O)NC1CCCCC1O. The van der Waals surface area contributed by atoms with Gasteiger partial charge in [0.1, 0.15) is 6.04 Å². The summed E-state index contributed by atoms with van der Waals surface area (Å²) in [6.07, 6.45) is 2.86. The van der Waals surface area contributed by atoms with Crippen LogP contribution in [0.4, 0.5) is 4.79 Å². The predicted octanol–water partition coefficient (Wildman–Crippen LogP) is 1.48. The summed E-state index contributed by atoms with van der Waals surface area (Å²) in [5, 5.41) is 22.0. The number of aliphatic hydroxyl groups excluding tert-OH is 1. The number of amides is 2. The molecule has 21 heavy (non-hydrogen) atoms. The van der Waals surface area contributed by atoms with Crippen molar-refractivity contribution in [2.24, 2.45) is 5.92 Å². The third kappa shape index (κ3) is 3.63. The van der Waals surface area contributed by atoms with Crippen molar-refractivity contribution in [3.8, 4) is 0 Å². The predicted molar refractivity (Wildman–Crippen MR) is 81.1 cm³/mol. The maximum absolute atomic E-state index is 12.5. The summed E-state index contributed by atoms with van der Waals surface area (Å²) < 4.78 is 0. The average molecular weight is 316 g/mol. The molecule has 0 bridgehead atoms. The Morgan fingerprint density at radius 1 is 1.29 bits per heavy atom. The number of hydrogen-bond acceptors (Lipinski definition) is 4. The summed E-state index contributed by atoms with van der Waals surface area (Å²) in [5.41, 5.74) is 0. The van der Waals surface area contributed by atoms with Gasteiger partial charge in [-0.25, -0.2) is 9.59 Å². The lowest BCUT2D eigenvalue weighted by molar-refractivity contribution is -0.141. The van der Waals surface area contributed by atoms with E-state index in [1.807, 2.05) is 13.8 Å². The van der Waals surface area contributed by atoms with Crippen molar-refractivity contribution < 1.29 is 19.8 Å². The summed E-state index contributed by atoms with van der Waals surface area (Å²) in [7, 11) is 0. The van der Waals surface area contributed by atoms with Crippen molar-refractivity contribution in [2.75, 3.05) is 5.75 Å². The number of carboxylic acid groups (broad SMARTS) is 1. The fourth-order valence-corrected chi connectivity index (χ4v) is 4.47. The molecule has 0 radical (unpaired) electrons. The molecule has 120 valence electrons. The van der Waals surface area contributed by atoms with E-state index in [0.717, 1.165) is 19.3 Å². The van der Waals surface area contributed by atoms with Gasteiger partial charge in [0.15, 0.2) is 0 Å². The lowest BCUT2D eigenvalue weighted by Crippen LogP contribution is -2.56. The van der Waals surface area contributed by atoms with Gasteiger partial charge in [0, 0.05) is 5.75 Å². The molecule has 4 unspecified atom stereocenters. The minimum absolute atomic E-state index is 0.133. The highest BCUT2D eigenvalue weighted by molar-refractivity contribution is 8.00. The Hall–Kier alpha value is -0.950. The Labute approximate surface area is 129 Å². The fraction of sp³-hybridized carbons (Fsp3) is 0.857. The summed E-state index contributed by atoms with van der Waals surface area (Å²) in [4.78, 5) is 25.3. The fourth-order valence-electron chi connectivity index (χ4n) is 3.00. The van der Waals surface area contributed by atoms with E-state index in [2.05, 4.69) is 5.32 Å². The Bertz CT molecular complexity index is 404. The molecule has 2 fully saturated rings. The van der Waals surface area contributed by atoms with E-state index in [0.29, 0.717) is 12.2 Å². The van der Waals surface area contributed by atoms with Crippen LogP contribution in [0.5, 0.6) is 0 Å². The van der Waals surface area contributed by atoms with Crippen molar-refractivity contribution in [1.29, 1.82) is 0 Å². The highest BCUT2D eigenvalue weighted by atomic mass is 32.2. The van der Waals surface area contributed by atoms with E-state index in [9.17, 15) is 19.8 Å². The molecule has 1 saturated heterocycles. The van der Waals surface area contributed by atoms with Crippen LogP contribution in [0.2, 0.25) is 0 Å². The Morgan fingerprint density at radius 2 is 1.95 bits per heavy atom. The first-order chi connectivity index (χ1) is 9.91. The van der Waals surface area contributed by atoms with Crippen molar-refractivity contribution in [3.05, 3.63) is 0 Å². The molecular formula is C14H24N2O4S. The third-order valence-corrected chi connectivity index (χ3v) is 5.78. The van der Waals surface area contributed by atoms with Crippen LogP contribution in [-0.4, -0.2) is 56.4 Å². The van der Waals surface area contributed by atoms with E-state index in [-0.39, 0.29) is 23.4 Å². The quantitative estimate of drug-likeness (QED) is 0.734. The first-order valence-electron chi connectivity index (χ1n) is 7.53. The third-order valence-electron chi connectivity index (χ3n) is 4.16. The van der Waals surface area contributed by atoms with Gasteiger partial charge in [-0.1, -0.05) is 26.7 Å². The first-order valence-corrected chi connectivity index (χ1v) is 8.58. The standard InChI is InChI=1S/C14H24N2O4S/c1-8(2)12-16(10(7-21-12)13(18)19)14(20)15-9-5-3-4-6-11(9)17/h8-12,17H,3-7H2,1-2H3,(H,15,20)(H,18,19). The number of urea groups is 1. The number of thioether (sulfide) groups is 1. The molecule has 0 aromatic rings.